The molecule has 0 saturated carbocycles. The molecule has 0 N–H and O–H groups in total. The van der Waals surface area contributed by atoms with Crippen molar-refractivity contribution in [3.63, 3.8) is 0 Å². The van der Waals surface area contributed by atoms with Crippen LogP contribution in [-0.2, 0) is 0 Å². The molecule has 0 atom stereocenters. The van der Waals surface area contributed by atoms with E-state index in [1.807, 2.05) is 12.3 Å². The second kappa shape index (κ2) is 4.21. The fourth-order valence-corrected chi connectivity index (χ4v) is 1.61. The van der Waals surface area contributed by atoms with Gasteiger partial charge in [-0.05, 0) is 18.4 Å². The van der Waals surface area contributed by atoms with Crippen LogP contribution in [0.4, 0.5) is 0 Å². The SMILES string of the molecule is C=C/C=C\N1CC(=C)SC=C1C. The van der Waals surface area contributed by atoms with E-state index in [1.54, 1.807) is 17.8 Å². The largest absolute Gasteiger partial charge is 0.346 e. The van der Waals surface area contributed by atoms with Crippen molar-refractivity contribution >= 4 is 11.8 Å². The molecule has 0 saturated heterocycles. The minimum atomic E-state index is 0.900. The van der Waals surface area contributed by atoms with Crippen molar-refractivity contribution in [1.29, 1.82) is 0 Å². The van der Waals surface area contributed by atoms with Gasteiger partial charge in [-0.2, -0.15) is 0 Å². The van der Waals surface area contributed by atoms with Crippen molar-refractivity contribution in [3.05, 3.63) is 47.5 Å². The molecule has 0 spiro atoms. The van der Waals surface area contributed by atoms with Gasteiger partial charge in [0.1, 0.15) is 0 Å². The van der Waals surface area contributed by atoms with E-state index in [0.29, 0.717) is 0 Å². The highest BCUT2D eigenvalue weighted by molar-refractivity contribution is 8.05. The Balaban J connectivity index is 2.69. The first-order valence-electron chi connectivity index (χ1n) is 3.81. The summed E-state index contributed by atoms with van der Waals surface area (Å²) in [4.78, 5) is 3.33. The van der Waals surface area contributed by atoms with Crippen LogP contribution in [0.1, 0.15) is 6.92 Å². The fourth-order valence-electron chi connectivity index (χ4n) is 0.923. The van der Waals surface area contributed by atoms with Crippen LogP contribution < -0.4 is 0 Å². The second-order valence-electron chi connectivity index (χ2n) is 2.62. The van der Waals surface area contributed by atoms with E-state index in [0.717, 1.165) is 6.54 Å². The lowest BCUT2D eigenvalue weighted by Crippen LogP contribution is -2.19. The summed E-state index contributed by atoms with van der Waals surface area (Å²) in [5.41, 5.74) is 1.26. The maximum atomic E-state index is 3.92. The van der Waals surface area contributed by atoms with Gasteiger partial charge in [0.05, 0.1) is 6.54 Å². The Morgan fingerprint density at radius 1 is 1.67 bits per heavy atom. The van der Waals surface area contributed by atoms with E-state index in [2.05, 4.69) is 30.4 Å². The zero-order valence-corrected chi connectivity index (χ0v) is 8.10. The third kappa shape index (κ3) is 2.31. The zero-order valence-electron chi connectivity index (χ0n) is 7.29. The van der Waals surface area contributed by atoms with Gasteiger partial charge in [-0.25, -0.2) is 0 Å². The van der Waals surface area contributed by atoms with Gasteiger partial charge in [0.25, 0.3) is 0 Å². The molecule has 0 aromatic rings. The predicted molar refractivity (Wildman–Crippen MR) is 56.5 cm³/mol. The minimum absolute atomic E-state index is 0.900. The minimum Gasteiger partial charge on any atom is -0.346 e. The Morgan fingerprint density at radius 2 is 2.42 bits per heavy atom. The first kappa shape index (κ1) is 9.20. The molecule has 0 radical (unpaired) electrons. The molecule has 0 aliphatic carbocycles. The van der Waals surface area contributed by atoms with Crippen LogP contribution in [-0.4, -0.2) is 11.4 Å². The molecule has 0 aromatic heterocycles. The Labute approximate surface area is 78.1 Å². The molecule has 1 rings (SSSR count). The fraction of sp³-hybridized carbons (Fsp3) is 0.200. The average molecular weight is 179 g/mol. The van der Waals surface area contributed by atoms with Crippen molar-refractivity contribution in [2.24, 2.45) is 0 Å². The Morgan fingerprint density at radius 3 is 3.08 bits per heavy atom. The van der Waals surface area contributed by atoms with E-state index < -0.39 is 0 Å². The predicted octanol–water partition coefficient (Wildman–Crippen LogP) is 3.11. The topological polar surface area (TPSA) is 3.24 Å². The lowest BCUT2D eigenvalue weighted by atomic mass is 10.4. The monoisotopic (exact) mass is 179 g/mol. The third-order valence-corrected chi connectivity index (χ3v) is 2.52. The summed E-state index contributed by atoms with van der Waals surface area (Å²) in [7, 11) is 0. The number of thioether (sulfide) groups is 1. The quantitative estimate of drug-likeness (QED) is 0.599. The number of rotatable bonds is 2. The number of allylic oxidation sites excluding steroid dienone is 3. The van der Waals surface area contributed by atoms with Gasteiger partial charge >= 0.3 is 0 Å². The standard InChI is InChI=1S/C10H13NS/c1-4-5-6-11-7-10(3)12-8-9(11)2/h4-6,8H,1,3,7H2,2H3/b6-5-. The molecule has 1 heterocycles. The molecule has 1 nitrogen and oxygen atoms in total. The van der Waals surface area contributed by atoms with Gasteiger partial charge < -0.3 is 4.90 Å². The number of hydrogen-bond donors (Lipinski definition) is 0. The summed E-state index contributed by atoms with van der Waals surface area (Å²) in [6, 6.07) is 0. The molecule has 1 aliphatic rings. The molecular formula is C10H13NS. The molecule has 1 aliphatic heterocycles. The average Bonchev–Trinajstić information content (AvgIpc) is 2.07. The number of hydrogen-bond acceptors (Lipinski definition) is 2. The highest BCUT2D eigenvalue weighted by atomic mass is 32.2. The van der Waals surface area contributed by atoms with Crippen molar-refractivity contribution in [2.45, 2.75) is 6.92 Å². The summed E-state index contributed by atoms with van der Waals surface area (Å²) in [6.07, 6.45) is 5.72. The second-order valence-corrected chi connectivity index (χ2v) is 3.67. The van der Waals surface area contributed by atoms with Crippen LogP contribution in [0.3, 0.4) is 0 Å². The molecular weight excluding hydrogens is 166 g/mol. The van der Waals surface area contributed by atoms with Gasteiger partial charge in [-0.15, -0.1) is 0 Å². The molecule has 12 heavy (non-hydrogen) atoms. The maximum Gasteiger partial charge on any atom is 0.0529 e. The van der Waals surface area contributed by atoms with Crippen molar-refractivity contribution in [1.82, 2.24) is 4.90 Å². The van der Waals surface area contributed by atoms with Crippen molar-refractivity contribution in [3.8, 4) is 0 Å². The highest BCUT2D eigenvalue weighted by Gasteiger charge is 2.08. The molecule has 0 aromatic carbocycles. The summed E-state index contributed by atoms with van der Waals surface area (Å²) in [5.74, 6) is 0. The molecule has 0 bridgehead atoms. The third-order valence-electron chi connectivity index (χ3n) is 1.60. The van der Waals surface area contributed by atoms with E-state index in [1.165, 1.54) is 10.6 Å². The summed E-state index contributed by atoms with van der Waals surface area (Å²) in [6.45, 7) is 10.5. The van der Waals surface area contributed by atoms with Gasteiger partial charge in [-0.1, -0.05) is 31.0 Å². The molecule has 64 valence electrons. The van der Waals surface area contributed by atoms with Crippen LogP contribution in [0, 0.1) is 0 Å². The van der Waals surface area contributed by atoms with Gasteiger partial charge in [0, 0.05) is 16.8 Å². The van der Waals surface area contributed by atoms with Gasteiger partial charge in [0.2, 0.25) is 0 Å². The van der Waals surface area contributed by atoms with Gasteiger partial charge in [0.15, 0.2) is 0 Å². The molecule has 0 unspecified atom stereocenters. The van der Waals surface area contributed by atoms with E-state index >= 15 is 0 Å². The smallest absolute Gasteiger partial charge is 0.0529 e. The van der Waals surface area contributed by atoms with Crippen LogP contribution in [0.2, 0.25) is 0 Å². The van der Waals surface area contributed by atoms with E-state index in [4.69, 9.17) is 0 Å². The summed E-state index contributed by atoms with van der Waals surface area (Å²) < 4.78 is 0. The van der Waals surface area contributed by atoms with Crippen LogP contribution >= 0.6 is 11.8 Å². The molecule has 2 heteroatoms. The van der Waals surface area contributed by atoms with E-state index in [9.17, 15) is 0 Å². The zero-order chi connectivity index (χ0) is 8.97. The number of nitrogens with zero attached hydrogens (tertiary/aromatic N) is 1. The Bertz CT molecular complexity index is 251. The van der Waals surface area contributed by atoms with Crippen molar-refractivity contribution < 1.29 is 0 Å². The first-order chi connectivity index (χ1) is 5.74. The lowest BCUT2D eigenvalue weighted by Gasteiger charge is -2.25. The first-order valence-corrected chi connectivity index (χ1v) is 4.69. The summed E-state index contributed by atoms with van der Waals surface area (Å²) >= 11 is 1.71. The van der Waals surface area contributed by atoms with Crippen molar-refractivity contribution in [2.75, 3.05) is 6.54 Å². The summed E-state index contributed by atoms with van der Waals surface area (Å²) in [5, 5.41) is 2.11. The van der Waals surface area contributed by atoms with Crippen LogP contribution in [0.15, 0.2) is 47.5 Å². The lowest BCUT2D eigenvalue weighted by molar-refractivity contribution is 0.513. The van der Waals surface area contributed by atoms with E-state index in [-0.39, 0.29) is 0 Å². The van der Waals surface area contributed by atoms with Gasteiger partial charge in [-0.3, -0.25) is 0 Å². The van der Waals surface area contributed by atoms with Crippen LogP contribution in [0.5, 0.6) is 0 Å². The Kier molecular flexibility index (Phi) is 3.23. The maximum absolute atomic E-state index is 3.92. The molecule has 0 amide bonds. The van der Waals surface area contributed by atoms with Crippen LogP contribution in [0.25, 0.3) is 0 Å². The Hall–Kier alpha value is -0.890. The molecule has 0 fully saturated rings. The highest BCUT2D eigenvalue weighted by Crippen LogP contribution is 2.26. The normalized spacial score (nSPS) is 18.2.